The molecule has 0 spiro atoms. The van der Waals surface area contributed by atoms with E-state index in [9.17, 15) is 0 Å². The predicted octanol–water partition coefficient (Wildman–Crippen LogP) is 4.14. The van der Waals surface area contributed by atoms with Crippen molar-refractivity contribution in [2.24, 2.45) is 0 Å². The van der Waals surface area contributed by atoms with Crippen LogP contribution < -0.4 is 5.32 Å². The zero-order chi connectivity index (χ0) is 12.4. The summed E-state index contributed by atoms with van der Waals surface area (Å²) in [4.78, 5) is 8.10. The van der Waals surface area contributed by atoms with Crippen molar-refractivity contribution in [3.8, 4) is 0 Å². The third-order valence-corrected chi connectivity index (χ3v) is 2.94. The second-order valence-electron chi connectivity index (χ2n) is 3.70. The van der Waals surface area contributed by atoms with Crippen molar-refractivity contribution in [1.82, 2.24) is 9.97 Å². The van der Waals surface area contributed by atoms with Gasteiger partial charge in [-0.25, -0.2) is 9.97 Å². The van der Waals surface area contributed by atoms with Gasteiger partial charge < -0.3 is 5.32 Å². The summed E-state index contributed by atoms with van der Waals surface area (Å²) < 4.78 is 0. The number of halogens is 2. The molecule has 88 valence electrons. The van der Waals surface area contributed by atoms with Crippen LogP contribution in [0.15, 0.2) is 24.3 Å². The zero-order valence-corrected chi connectivity index (χ0v) is 11.0. The van der Waals surface area contributed by atoms with Crippen molar-refractivity contribution in [3.63, 3.8) is 0 Å². The van der Waals surface area contributed by atoms with E-state index >= 15 is 0 Å². The highest BCUT2D eigenvalue weighted by molar-refractivity contribution is 6.31. The lowest BCUT2D eigenvalue weighted by Gasteiger charge is -2.10. The predicted molar refractivity (Wildman–Crippen MR) is 71.3 cm³/mol. The number of hydrogen-bond acceptors (Lipinski definition) is 3. The van der Waals surface area contributed by atoms with E-state index in [-0.39, 0.29) is 5.28 Å². The Balaban J connectivity index is 2.34. The van der Waals surface area contributed by atoms with Crippen molar-refractivity contribution >= 4 is 34.7 Å². The Kier molecular flexibility index (Phi) is 3.50. The molecule has 0 aliphatic carbocycles. The van der Waals surface area contributed by atoms with Crippen LogP contribution >= 0.6 is 23.2 Å². The third kappa shape index (κ3) is 2.87. The fourth-order valence-corrected chi connectivity index (χ4v) is 1.88. The Bertz CT molecular complexity index is 535. The topological polar surface area (TPSA) is 37.8 Å². The SMILES string of the molecule is Cc1cc(Nc2cccc(Cl)c2C)nc(Cl)n1. The largest absolute Gasteiger partial charge is 0.340 e. The minimum absolute atomic E-state index is 0.229. The highest BCUT2D eigenvalue weighted by Crippen LogP contribution is 2.25. The number of nitrogens with zero attached hydrogens (tertiary/aromatic N) is 2. The average molecular weight is 268 g/mol. The first kappa shape index (κ1) is 12.1. The summed E-state index contributed by atoms with van der Waals surface area (Å²) in [5.41, 5.74) is 2.69. The molecule has 1 heterocycles. The molecule has 17 heavy (non-hydrogen) atoms. The van der Waals surface area contributed by atoms with Gasteiger partial charge in [-0.1, -0.05) is 17.7 Å². The fraction of sp³-hybridized carbons (Fsp3) is 0.167. The molecule has 0 aliphatic heterocycles. The van der Waals surface area contributed by atoms with E-state index in [0.717, 1.165) is 16.9 Å². The van der Waals surface area contributed by atoms with Crippen LogP contribution in [0.25, 0.3) is 0 Å². The molecule has 0 saturated carbocycles. The van der Waals surface area contributed by atoms with Crippen LogP contribution in [-0.4, -0.2) is 9.97 Å². The molecule has 1 aromatic heterocycles. The van der Waals surface area contributed by atoms with Gasteiger partial charge in [0.2, 0.25) is 5.28 Å². The van der Waals surface area contributed by atoms with Gasteiger partial charge in [-0.2, -0.15) is 0 Å². The normalized spacial score (nSPS) is 10.4. The van der Waals surface area contributed by atoms with Crippen LogP contribution in [0.1, 0.15) is 11.3 Å². The molecule has 0 fully saturated rings. The number of anilines is 2. The van der Waals surface area contributed by atoms with Crippen molar-refractivity contribution in [2.45, 2.75) is 13.8 Å². The van der Waals surface area contributed by atoms with E-state index < -0.39 is 0 Å². The molecular formula is C12H11Cl2N3. The molecule has 2 aromatic rings. The lowest BCUT2D eigenvalue weighted by Crippen LogP contribution is -1.98. The maximum atomic E-state index is 6.04. The van der Waals surface area contributed by atoms with E-state index in [1.165, 1.54) is 0 Å². The Morgan fingerprint density at radius 2 is 1.88 bits per heavy atom. The van der Waals surface area contributed by atoms with Crippen LogP contribution in [0, 0.1) is 13.8 Å². The van der Waals surface area contributed by atoms with Gasteiger partial charge in [0.15, 0.2) is 0 Å². The highest BCUT2D eigenvalue weighted by Gasteiger charge is 2.04. The number of rotatable bonds is 2. The van der Waals surface area contributed by atoms with E-state index in [1.807, 2.05) is 38.1 Å². The maximum Gasteiger partial charge on any atom is 0.224 e. The quantitative estimate of drug-likeness (QED) is 0.831. The highest BCUT2D eigenvalue weighted by atomic mass is 35.5. The van der Waals surface area contributed by atoms with E-state index in [2.05, 4.69) is 15.3 Å². The molecule has 0 unspecified atom stereocenters. The summed E-state index contributed by atoms with van der Waals surface area (Å²) in [6.07, 6.45) is 0. The monoisotopic (exact) mass is 267 g/mol. The molecule has 3 nitrogen and oxygen atoms in total. The van der Waals surface area contributed by atoms with E-state index in [0.29, 0.717) is 10.8 Å². The van der Waals surface area contributed by atoms with Crippen LogP contribution in [0.5, 0.6) is 0 Å². The van der Waals surface area contributed by atoms with Crippen LogP contribution in [0.4, 0.5) is 11.5 Å². The molecule has 0 atom stereocenters. The van der Waals surface area contributed by atoms with E-state index in [4.69, 9.17) is 23.2 Å². The van der Waals surface area contributed by atoms with Gasteiger partial charge in [0.05, 0.1) is 0 Å². The van der Waals surface area contributed by atoms with Crippen molar-refractivity contribution < 1.29 is 0 Å². The summed E-state index contributed by atoms with van der Waals surface area (Å²) in [7, 11) is 0. The average Bonchev–Trinajstić information content (AvgIpc) is 2.23. The van der Waals surface area contributed by atoms with Crippen LogP contribution in [0.2, 0.25) is 10.3 Å². The zero-order valence-electron chi connectivity index (χ0n) is 9.46. The molecular weight excluding hydrogens is 257 g/mol. The number of hydrogen-bond donors (Lipinski definition) is 1. The van der Waals surface area contributed by atoms with Crippen molar-refractivity contribution in [2.75, 3.05) is 5.32 Å². The van der Waals surface area contributed by atoms with Gasteiger partial charge in [0, 0.05) is 22.5 Å². The molecule has 0 bridgehead atoms. The second-order valence-corrected chi connectivity index (χ2v) is 4.45. The third-order valence-electron chi connectivity index (χ3n) is 2.36. The van der Waals surface area contributed by atoms with Crippen LogP contribution in [0.3, 0.4) is 0 Å². The van der Waals surface area contributed by atoms with Gasteiger partial charge in [0.1, 0.15) is 5.82 Å². The minimum atomic E-state index is 0.229. The lowest BCUT2D eigenvalue weighted by molar-refractivity contribution is 1.10. The fourth-order valence-electron chi connectivity index (χ4n) is 1.48. The Morgan fingerprint density at radius 3 is 2.59 bits per heavy atom. The molecule has 1 N–H and O–H groups in total. The lowest BCUT2D eigenvalue weighted by atomic mass is 10.2. The molecule has 5 heteroatoms. The van der Waals surface area contributed by atoms with Gasteiger partial charge in [0.25, 0.3) is 0 Å². The van der Waals surface area contributed by atoms with Crippen LogP contribution in [-0.2, 0) is 0 Å². The van der Waals surface area contributed by atoms with Gasteiger partial charge in [-0.3, -0.25) is 0 Å². The first-order valence-corrected chi connectivity index (χ1v) is 5.85. The number of aromatic nitrogens is 2. The molecule has 0 radical (unpaired) electrons. The molecule has 0 amide bonds. The number of nitrogens with one attached hydrogen (secondary N) is 1. The Hall–Kier alpha value is -1.32. The standard InChI is InChI=1S/C12H11Cl2N3/c1-7-6-11(17-12(14)15-7)16-10-5-3-4-9(13)8(10)2/h3-6H,1-2H3,(H,15,16,17). The van der Waals surface area contributed by atoms with Gasteiger partial charge >= 0.3 is 0 Å². The van der Waals surface area contributed by atoms with Gasteiger partial charge in [-0.05, 0) is 43.1 Å². The molecule has 0 aliphatic rings. The maximum absolute atomic E-state index is 6.04. The summed E-state index contributed by atoms with van der Waals surface area (Å²) >= 11 is 11.8. The first-order chi connectivity index (χ1) is 8.06. The second kappa shape index (κ2) is 4.90. The summed E-state index contributed by atoms with van der Waals surface area (Å²) in [6.45, 7) is 3.81. The van der Waals surface area contributed by atoms with Gasteiger partial charge in [-0.15, -0.1) is 0 Å². The molecule has 2 rings (SSSR count). The first-order valence-electron chi connectivity index (χ1n) is 5.09. The summed E-state index contributed by atoms with van der Waals surface area (Å²) in [6, 6.07) is 7.49. The van der Waals surface area contributed by atoms with Crippen molar-refractivity contribution in [1.29, 1.82) is 0 Å². The summed E-state index contributed by atoms with van der Waals surface area (Å²) in [5, 5.41) is 4.12. The number of aryl methyl sites for hydroxylation is 1. The molecule has 0 saturated heterocycles. The Labute approximate surface area is 110 Å². The smallest absolute Gasteiger partial charge is 0.224 e. The van der Waals surface area contributed by atoms with Crippen molar-refractivity contribution in [3.05, 3.63) is 45.8 Å². The molecule has 1 aromatic carbocycles. The minimum Gasteiger partial charge on any atom is -0.340 e. The summed E-state index contributed by atoms with van der Waals surface area (Å²) in [5.74, 6) is 0.660. The Morgan fingerprint density at radius 1 is 1.12 bits per heavy atom. The van der Waals surface area contributed by atoms with E-state index in [1.54, 1.807) is 0 Å². The number of benzene rings is 1.